The molecule has 0 spiro atoms. The van der Waals surface area contributed by atoms with Crippen LogP contribution in [-0.2, 0) is 4.79 Å². The zero-order chi connectivity index (χ0) is 16.9. The second kappa shape index (κ2) is 9.20. The molecule has 1 unspecified atom stereocenters. The summed E-state index contributed by atoms with van der Waals surface area (Å²) in [5.74, 6) is 0.355. The van der Waals surface area contributed by atoms with Gasteiger partial charge in [-0.05, 0) is 44.2 Å². The quantitative estimate of drug-likeness (QED) is 0.893. The molecule has 2 aliphatic heterocycles. The van der Waals surface area contributed by atoms with Gasteiger partial charge in [0.25, 0.3) is 5.91 Å². The molecule has 0 aliphatic carbocycles. The fourth-order valence-corrected chi connectivity index (χ4v) is 3.86. The third kappa shape index (κ3) is 4.53. The van der Waals surface area contributed by atoms with Gasteiger partial charge in [-0.2, -0.15) is 0 Å². The van der Waals surface area contributed by atoms with E-state index in [1.54, 1.807) is 0 Å². The lowest BCUT2D eigenvalue weighted by atomic mass is 9.92. The number of nitrogens with two attached hydrogens (primary N) is 1. The van der Waals surface area contributed by atoms with E-state index in [1.165, 1.54) is 0 Å². The van der Waals surface area contributed by atoms with Gasteiger partial charge in [0.05, 0.1) is 0 Å². The molecule has 2 amide bonds. The van der Waals surface area contributed by atoms with Crippen molar-refractivity contribution in [2.75, 3.05) is 26.2 Å². The molecule has 3 rings (SSSR count). The molecule has 2 aliphatic rings. The van der Waals surface area contributed by atoms with Gasteiger partial charge < -0.3 is 15.5 Å². The van der Waals surface area contributed by atoms with Crippen LogP contribution in [0.5, 0.6) is 0 Å². The second-order valence-corrected chi connectivity index (χ2v) is 6.85. The Kier molecular flexibility index (Phi) is 7.26. The van der Waals surface area contributed by atoms with Crippen LogP contribution in [0.2, 0.25) is 0 Å². The summed E-state index contributed by atoms with van der Waals surface area (Å²) in [6, 6.07) is 9.57. The van der Waals surface area contributed by atoms with Gasteiger partial charge in [-0.25, -0.2) is 0 Å². The van der Waals surface area contributed by atoms with Crippen molar-refractivity contribution in [3.05, 3.63) is 35.9 Å². The van der Waals surface area contributed by atoms with Crippen LogP contribution in [0.4, 0.5) is 0 Å². The lowest BCUT2D eigenvalue weighted by Crippen LogP contribution is -2.51. The maximum absolute atomic E-state index is 12.8. The van der Waals surface area contributed by atoms with Crippen LogP contribution in [-0.4, -0.2) is 53.8 Å². The molecule has 2 saturated heterocycles. The van der Waals surface area contributed by atoms with E-state index in [0.717, 1.165) is 44.2 Å². The zero-order valence-corrected chi connectivity index (χ0v) is 15.4. The van der Waals surface area contributed by atoms with E-state index in [9.17, 15) is 9.59 Å². The van der Waals surface area contributed by atoms with E-state index in [-0.39, 0.29) is 36.2 Å². The van der Waals surface area contributed by atoms with Crippen molar-refractivity contribution < 1.29 is 9.59 Å². The van der Waals surface area contributed by atoms with Gasteiger partial charge in [0.1, 0.15) is 0 Å². The van der Waals surface area contributed by atoms with Gasteiger partial charge >= 0.3 is 0 Å². The Morgan fingerprint density at radius 2 is 1.68 bits per heavy atom. The molecule has 2 N–H and O–H groups in total. The number of likely N-dealkylation sites (tertiary alicyclic amines) is 2. The highest BCUT2D eigenvalue weighted by Crippen LogP contribution is 2.25. The molecule has 6 heteroatoms. The largest absolute Gasteiger partial charge is 0.339 e. The van der Waals surface area contributed by atoms with Crippen LogP contribution in [0, 0.1) is 5.92 Å². The summed E-state index contributed by atoms with van der Waals surface area (Å²) in [6.45, 7) is 2.71. The lowest BCUT2D eigenvalue weighted by Gasteiger charge is -2.39. The molecule has 138 valence electrons. The Hall–Kier alpha value is -1.59. The minimum Gasteiger partial charge on any atom is -0.339 e. The number of halogens is 1. The number of carbonyl (C=O) groups excluding carboxylic acids is 2. The lowest BCUT2D eigenvalue weighted by molar-refractivity contribution is -0.140. The molecule has 1 aromatic rings. The SMILES string of the molecule is Cl.NCC1CCCCN1C(=O)C1CCN(C(=O)c2ccccc2)CC1. The van der Waals surface area contributed by atoms with E-state index in [2.05, 4.69) is 0 Å². The number of nitrogens with zero attached hydrogens (tertiary/aromatic N) is 2. The maximum atomic E-state index is 12.8. The number of rotatable bonds is 3. The minimum atomic E-state index is 0. The fraction of sp³-hybridized carbons (Fsp3) is 0.579. The van der Waals surface area contributed by atoms with E-state index < -0.39 is 0 Å². The number of benzene rings is 1. The average molecular weight is 366 g/mol. The normalized spacial score (nSPS) is 21.6. The smallest absolute Gasteiger partial charge is 0.253 e. The molecule has 0 radical (unpaired) electrons. The van der Waals surface area contributed by atoms with Gasteiger partial charge in [0.2, 0.25) is 5.91 Å². The number of piperidine rings is 2. The third-order valence-corrected chi connectivity index (χ3v) is 5.33. The molecular formula is C19H28ClN3O2. The molecule has 2 fully saturated rings. The Morgan fingerprint density at radius 1 is 1.00 bits per heavy atom. The van der Waals surface area contributed by atoms with Gasteiger partial charge in [-0.3, -0.25) is 9.59 Å². The predicted octanol–water partition coefficient (Wildman–Crippen LogP) is 2.30. The minimum absolute atomic E-state index is 0. The van der Waals surface area contributed by atoms with Crippen LogP contribution >= 0.6 is 12.4 Å². The molecule has 1 aromatic carbocycles. The molecule has 0 saturated carbocycles. The first-order chi connectivity index (χ1) is 11.7. The Labute approximate surface area is 155 Å². The third-order valence-electron chi connectivity index (χ3n) is 5.33. The average Bonchev–Trinajstić information content (AvgIpc) is 2.67. The zero-order valence-electron chi connectivity index (χ0n) is 14.6. The van der Waals surface area contributed by atoms with Gasteiger partial charge in [-0.1, -0.05) is 18.2 Å². The van der Waals surface area contributed by atoms with E-state index in [1.807, 2.05) is 40.1 Å². The second-order valence-electron chi connectivity index (χ2n) is 6.85. The van der Waals surface area contributed by atoms with Crippen LogP contribution in [0.3, 0.4) is 0 Å². The van der Waals surface area contributed by atoms with Crippen molar-refractivity contribution >= 4 is 24.2 Å². The number of hydrogen-bond acceptors (Lipinski definition) is 3. The highest BCUT2D eigenvalue weighted by molar-refractivity contribution is 5.94. The summed E-state index contributed by atoms with van der Waals surface area (Å²) >= 11 is 0. The Bertz CT molecular complexity index is 573. The Balaban J connectivity index is 0.00000225. The first-order valence-electron chi connectivity index (χ1n) is 9.05. The number of carbonyl (C=O) groups is 2. The van der Waals surface area contributed by atoms with Crippen molar-refractivity contribution in [1.82, 2.24) is 9.80 Å². The number of amides is 2. The van der Waals surface area contributed by atoms with Crippen LogP contribution in [0.15, 0.2) is 30.3 Å². The summed E-state index contributed by atoms with van der Waals surface area (Å²) in [6.07, 6.45) is 4.77. The Morgan fingerprint density at radius 3 is 2.32 bits per heavy atom. The predicted molar refractivity (Wildman–Crippen MR) is 101 cm³/mol. The fourth-order valence-electron chi connectivity index (χ4n) is 3.86. The van der Waals surface area contributed by atoms with Crippen molar-refractivity contribution in [2.24, 2.45) is 11.7 Å². The number of hydrogen-bond donors (Lipinski definition) is 1. The first-order valence-corrected chi connectivity index (χ1v) is 9.05. The van der Waals surface area contributed by atoms with Crippen LogP contribution in [0.25, 0.3) is 0 Å². The maximum Gasteiger partial charge on any atom is 0.253 e. The highest BCUT2D eigenvalue weighted by Gasteiger charge is 2.33. The van der Waals surface area contributed by atoms with E-state index in [0.29, 0.717) is 19.6 Å². The van der Waals surface area contributed by atoms with Crippen LogP contribution in [0.1, 0.15) is 42.5 Å². The van der Waals surface area contributed by atoms with Gasteiger partial charge in [0, 0.05) is 43.7 Å². The summed E-state index contributed by atoms with van der Waals surface area (Å²) < 4.78 is 0. The summed E-state index contributed by atoms with van der Waals surface area (Å²) in [7, 11) is 0. The molecule has 5 nitrogen and oxygen atoms in total. The van der Waals surface area contributed by atoms with Crippen molar-refractivity contribution in [2.45, 2.75) is 38.1 Å². The van der Waals surface area contributed by atoms with Crippen molar-refractivity contribution in [1.29, 1.82) is 0 Å². The summed E-state index contributed by atoms with van der Waals surface area (Å²) in [5, 5.41) is 0. The molecule has 1 atom stereocenters. The highest BCUT2D eigenvalue weighted by atomic mass is 35.5. The van der Waals surface area contributed by atoms with Gasteiger partial charge in [-0.15, -0.1) is 12.4 Å². The monoisotopic (exact) mass is 365 g/mol. The molecule has 0 aromatic heterocycles. The van der Waals surface area contributed by atoms with Crippen molar-refractivity contribution in [3.8, 4) is 0 Å². The van der Waals surface area contributed by atoms with E-state index in [4.69, 9.17) is 5.73 Å². The summed E-state index contributed by atoms with van der Waals surface area (Å²) in [4.78, 5) is 29.2. The molecule has 25 heavy (non-hydrogen) atoms. The van der Waals surface area contributed by atoms with Gasteiger partial charge in [0.15, 0.2) is 0 Å². The summed E-state index contributed by atoms with van der Waals surface area (Å²) in [5.41, 5.74) is 6.56. The molecule has 0 bridgehead atoms. The molecular weight excluding hydrogens is 338 g/mol. The first kappa shape index (κ1) is 19.7. The standard InChI is InChI=1S/C19H27N3O2.ClH/c20-14-17-8-4-5-11-22(17)19(24)16-9-12-21(13-10-16)18(23)15-6-2-1-3-7-15;/h1-3,6-7,16-17H,4-5,8-14,20H2;1H. The molecule has 2 heterocycles. The van der Waals surface area contributed by atoms with Crippen molar-refractivity contribution in [3.63, 3.8) is 0 Å². The van der Waals surface area contributed by atoms with E-state index >= 15 is 0 Å². The topological polar surface area (TPSA) is 66.6 Å². The van der Waals surface area contributed by atoms with Crippen LogP contribution < -0.4 is 5.73 Å².